The van der Waals surface area contributed by atoms with Gasteiger partial charge >= 0.3 is 0 Å². The summed E-state index contributed by atoms with van der Waals surface area (Å²) in [5.41, 5.74) is 2.80. The molecule has 124 valence electrons. The zero-order valence-electron chi connectivity index (χ0n) is 13.5. The van der Waals surface area contributed by atoms with Crippen molar-refractivity contribution in [1.29, 1.82) is 0 Å². The highest BCUT2D eigenvalue weighted by Crippen LogP contribution is 2.37. The molecule has 3 nitrogen and oxygen atoms in total. The Balaban J connectivity index is 1.95. The number of halogens is 2. The largest absolute Gasteiger partial charge is 0.367 e. The second-order valence-electron chi connectivity index (χ2n) is 6.39. The Morgan fingerprint density at radius 2 is 1.92 bits per heavy atom. The maximum Gasteiger partial charge on any atom is 0.139 e. The molecule has 0 aliphatic heterocycles. The summed E-state index contributed by atoms with van der Waals surface area (Å²) >= 11 is 6.30. The van der Waals surface area contributed by atoms with Gasteiger partial charge in [0.1, 0.15) is 23.0 Å². The van der Waals surface area contributed by atoms with Gasteiger partial charge < -0.3 is 5.32 Å². The second kappa shape index (κ2) is 6.10. The molecule has 2 aromatic heterocycles. The van der Waals surface area contributed by atoms with Gasteiger partial charge in [-0.15, -0.1) is 0 Å². The van der Waals surface area contributed by atoms with Crippen LogP contribution in [0.25, 0.3) is 16.9 Å². The molecule has 1 aliphatic carbocycles. The van der Waals surface area contributed by atoms with E-state index in [0.29, 0.717) is 22.3 Å². The van der Waals surface area contributed by atoms with E-state index in [1.165, 1.54) is 18.9 Å². The summed E-state index contributed by atoms with van der Waals surface area (Å²) in [7, 11) is 0. The van der Waals surface area contributed by atoms with E-state index < -0.39 is 0 Å². The molecule has 2 heterocycles. The van der Waals surface area contributed by atoms with Gasteiger partial charge in [0.15, 0.2) is 0 Å². The number of aromatic nitrogens is 2. The summed E-state index contributed by atoms with van der Waals surface area (Å²) in [6.45, 7) is 2.03. The number of aryl methyl sites for hydroxylation is 1. The van der Waals surface area contributed by atoms with Crippen LogP contribution in [0, 0.1) is 12.7 Å². The van der Waals surface area contributed by atoms with Crippen LogP contribution in [0.15, 0.2) is 36.4 Å². The molecule has 1 aliphatic rings. The van der Waals surface area contributed by atoms with Crippen molar-refractivity contribution in [2.24, 2.45) is 0 Å². The molecular weight excluding hydrogens is 325 g/mol. The van der Waals surface area contributed by atoms with Gasteiger partial charge in [-0.2, -0.15) is 0 Å². The molecule has 1 saturated carbocycles. The first kappa shape index (κ1) is 15.5. The number of imidazole rings is 1. The average Bonchev–Trinajstić information content (AvgIpc) is 3.17. The summed E-state index contributed by atoms with van der Waals surface area (Å²) < 4.78 is 16.5. The minimum Gasteiger partial charge on any atom is -0.367 e. The molecule has 0 unspecified atom stereocenters. The molecule has 4 rings (SSSR count). The number of pyridine rings is 1. The summed E-state index contributed by atoms with van der Waals surface area (Å²) in [5.74, 6) is 0.486. The number of hydrogen-bond donors (Lipinski definition) is 1. The summed E-state index contributed by atoms with van der Waals surface area (Å²) in [6, 6.07) is 11.1. The normalized spacial score (nSPS) is 15.3. The number of hydrogen-bond acceptors (Lipinski definition) is 2. The third-order valence-electron chi connectivity index (χ3n) is 4.73. The first-order valence-corrected chi connectivity index (χ1v) is 8.72. The number of benzene rings is 1. The Hall–Kier alpha value is -2.07. The van der Waals surface area contributed by atoms with Crippen molar-refractivity contribution in [3.8, 4) is 11.3 Å². The highest BCUT2D eigenvalue weighted by molar-refractivity contribution is 6.33. The van der Waals surface area contributed by atoms with E-state index in [1.807, 2.05) is 25.1 Å². The molecule has 0 radical (unpaired) electrons. The van der Waals surface area contributed by atoms with Crippen molar-refractivity contribution in [3.05, 3.63) is 52.9 Å². The maximum absolute atomic E-state index is 14.5. The van der Waals surface area contributed by atoms with Crippen LogP contribution in [-0.4, -0.2) is 15.4 Å². The van der Waals surface area contributed by atoms with Crippen molar-refractivity contribution in [2.45, 2.75) is 38.6 Å². The van der Waals surface area contributed by atoms with Crippen LogP contribution in [-0.2, 0) is 0 Å². The average molecular weight is 344 g/mol. The molecule has 5 heteroatoms. The quantitative estimate of drug-likeness (QED) is 0.684. The molecule has 1 fully saturated rings. The Morgan fingerprint density at radius 3 is 2.67 bits per heavy atom. The standard InChI is InChI=1S/C19H19ClFN3/c1-12-6-4-11-16-23-18(17-14(20)9-5-10-15(17)21)19(24(12)16)22-13-7-2-3-8-13/h4-6,9-11,13,22H,2-3,7-8H2,1H3. The Labute approximate surface area is 145 Å². The van der Waals surface area contributed by atoms with Crippen molar-refractivity contribution in [1.82, 2.24) is 9.38 Å². The zero-order valence-corrected chi connectivity index (χ0v) is 14.3. The SMILES string of the molecule is Cc1cccc2nc(-c3c(F)cccc3Cl)c(NC3CCCC3)n12. The molecule has 3 aromatic rings. The van der Waals surface area contributed by atoms with E-state index in [1.54, 1.807) is 12.1 Å². The molecule has 24 heavy (non-hydrogen) atoms. The number of nitrogens with zero attached hydrogens (tertiary/aromatic N) is 2. The van der Waals surface area contributed by atoms with E-state index in [4.69, 9.17) is 11.6 Å². The van der Waals surface area contributed by atoms with Crippen LogP contribution in [0.1, 0.15) is 31.4 Å². The lowest BCUT2D eigenvalue weighted by Crippen LogP contribution is -2.17. The third-order valence-corrected chi connectivity index (χ3v) is 5.05. The van der Waals surface area contributed by atoms with Crippen LogP contribution in [0.4, 0.5) is 10.2 Å². The van der Waals surface area contributed by atoms with Gasteiger partial charge in [0.2, 0.25) is 0 Å². The number of rotatable bonds is 3. The van der Waals surface area contributed by atoms with Gasteiger partial charge in [-0.05, 0) is 44.0 Å². The molecule has 0 bridgehead atoms. The van der Waals surface area contributed by atoms with Crippen LogP contribution in [0.2, 0.25) is 5.02 Å². The third kappa shape index (κ3) is 2.55. The molecule has 1 N–H and O–H groups in total. The van der Waals surface area contributed by atoms with Crippen molar-refractivity contribution < 1.29 is 4.39 Å². The predicted octanol–water partition coefficient (Wildman–Crippen LogP) is 5.46. The van der Waals surface area contributed by atoms with Crippen LogP contribution in [0.5, 0.6) is 0 Å². The van der Waals surface area contributed by atoms with Crippen molar-refractivity contribution in [3.63, 3.8) is 0 Å². The highest BCUT2D eigenvalue weighted by Gasteiger charge is 2.23. The van der Waals surface area contributed by atoms with Gasteiger partial charge in [-0.1, -0.05) is 36.6 Å². The molecule has 0 saturated heterocycles. The minimum atomic E-state index is -0.349. The Bertz CT molecular complexity index is 877. The molecule has 1 aromatic carbocycles. The molecule has 0 atom stereocenters. The topological polar surface area (TPSA) is 29.3 Å². The lowest BCUT2D eigenvalue weighted by Gasteiger charge is -2.16. The van der Waals surface area contributed by atoms with Gasteiger partial charge in [-0.25, -0.2) is 9.37 Å². The van der Waals surface area contributed by atoms with Crippen LogP contribution in [0.3, 0.4) is 0 Å². The van der Waals surface area contributed by atoms with Gasteiger partial charge in [-0.3, -0.25) is 4.40 Å². The lowest BCUT2D eigenvalue weighted by atomic mass is 10.1. The van der Waals surface area contributed by atoms with E-state index in [9.17, 15) is 4.39 Å². The fourth-order valence-electron chi connectivity index (χ4n) is 3.55. The molecule has 0 spiro atoms. The lowest BCUT2D eigenvalue weighted by molar-refractivity contribution is 0.631. The Kier molecular flexibility index (Phi) is 3.93. The predicted molar refractivity (Wildman–Crippen MR) is 96.2 cm³/mol. The summed E-state index contributed by atoms with van der Waals surface area (Å²) in [4.78, 5) is 4.68. The second-order valence-corrected chi connectivity index (χ2v) is 6.80. The minimum absolute atomic E-state index is 0.349. The van der Waals surface area contributed by atoms with Gasteiger partial charge in [0.05, 0.1) is 10.6 Å². The maximum atomic E-state index is 14.5. The van der Waals surface area contributed by atoms with E-state index in [2.05, 4.69) is 14.7 Å². The zero-order chi connectivity index (χ0) is 16.7. The molecular formula is C19H19ClFN3. The number of fused-ring (bicyclic) bond motifs is 1. The fourth-order valence-corrected chi connectivity index (χ4v) is 3.80. The van der Waals surface area contributed by atoms with Crippen molar-refractivity contribution in [2.75, 3.05) is 5.32 Å². The van der Waals surface area contributed by atoms with Crippen LogP contribution < -0.4 is 5.32 Å². The fraction of sp³-hybridized carbons (Fsp3) is 0.316. The Morgan fingerprint density at radius 1 is 1.17 bits per heavy atom. The molecule has 0 amide bonds. The van der Waals surface area contributed by atoms with Crippen LogP contribution >= 0.6 is 11.6 Å². The number of anilines is 1. The van der Waals surface area contributed by atoms with Gasteiger partial charge in [0, 0.05) is 11.7 Å². The summed E-state index contributed by atoms with van der Waals surface area (Å²) in [6.07, 6.45) is 4.71. The number of nitrogens with one attached hydrogen (secondary N) is 1. The first-order chi connectivity index (χ1) is 11.6. The van der Waals surface area contributed by atoms with E-state index in [-0.39, 0.29) is 5.82 Å². The highest BCUT2D eigenvalue weighted by atomic mass is 35.5. The van der Waals surface area contributed by atoms with Crippen molar-refractivity contribution >= 4 is 23.1 Å². The monoisotopic (exact) mass is 343 g/mol. The van der Waals surface area contributed by atoms with E-state index in [0.717, 1.165) is 30.0 Å². The first-order valence-electron chi connectivity index (χ1n) is 8.34. The van der Waals surface area contributed by atoms with Gasteiger partial charge in [0.25, 0.3) is 0 Å². The summed E-state index contributed by atoms with van der Waals surface area (Å²) in [5, 5.41) is 3.98. The smallest absolute Gasteiger partial charge is 0.139 e. The van der Waals surface area contributed by atoms with E-state index >= 15 is 0 Å².